The largest absolute Gasteiger partial charge is 0.298 e. The van der Waals surface area contributed by atoms with Crippen molar-refractivity contribution in [3.8, 4) is 11.3 Å². The maximum Gasteiger partial charge on any atom is 0.152 e. The summed E-state index contributed by atoms with van der Waals surface area (Å²) in [4.78, 5) is 11.3. The average molecular weight is 271 g/mol. The molecule has 3 nitrogen and oxygen atoms in total. The molecule has 0 fully saturated rings. The number of H-pyrrole nitrogens is 1. The Labute approximate surface area is 115 Å². The van der Waals surface area contributed by atoms with Crippen molar-refractivity contribution < 1.29 is 4.79 Å². The summed E-state index contributed by atoms with van der Waals surface area (Å²) in [6.45, 7) is 2.01. The summed E-state index contributed by atoms with van der Waals surface area (Å²) in [5.74, 6) is 0. The van der Waals surface area contributed by atoms with Gasteiger partial charge in [0, 0.05) is 16.5 Å². The number of benzene rings is 2. The molecular formula is C15H11ClN2O. The van der Waals surface area contributed by atoms with Crippen molar-refractivity contribution in [3.63, 3.8) is 0 Å². The van der Waals surface area contributed by atoms with Crippen molar-refractivity contribution in [3.05, 3.63) is 52.5 Å². The molecule has 3 rings (SSSR count). The lowest BCUT2D eigenvalue weighted by Gasteiger charge is -2.04. The Kier molecular flexibility index (Phi) is 2.84. The van der Waals surface area contributed by atoms with Gasteiger partial charge in [0.05, 0.1) is 10.5 Å². The second-order valence-corrected chi connectivity index (χ2v) is 4.80. The number of fused-ring (bicyclic) bond motifs is 1. The molecule has 0 atom stereocenters. The molecule has 0 bridgehead atoms. The van der Waals surface area contributed by atoms with Crippen molar-refractivity contribution in [2.24, 2.45) is 0 Å². The molecule has 0 saturated carbocycles. The highest BCUT2D eigenvalue weighted by Crippen LogP contribution is 2.33. The number of aryl methyl sites for hydroxylation is 1. The fourth-order valence-electron chi connectivity index (χ4n) is 2.26. The molecule has 94 valence electrons. The number of carbonyl (C=O) groups excluding carboxylic acids is 1. The SMILES string of the molecule is Cc1ccccc1-c1n[nH]c2ccc(Cl)c(C=O)c12. The third-order valence-electron chi connectivity index (χ3n) is 3.24. The normalized spacial score (nSPS) is 10.8. The molecule has 0 radical (unpaired) electrons. The van der Waals surface area contributed by atoms with E-state index in [0.717, 1.165) is 34.0 Å². The van der Waals surface area contributed by atoms with Crippen LogP contribution >= 0.6 is 11.6 Å². The summed E-state index contributed by atoms with van der Waals surface area (Å²) in [5.41, 5.74) is 4.15. The van der Waals surface area contributed by atoms with Gasteiger partial charge in [-0.3, -0.25) is 9.89 Å². The Hall–Kier alpha value is -2.13. The molecule has 0 spiro atoms. The maximum absolute atomic E-state index is 11.3. The number of aromatic amines is 1. The highest BCUT2D eigenvalue weighted by Gasteiger charge is 2.15. The minimum atomic E-state index is 0.443. The number of aromatic nitrogens is 2. The van der Waals surface area contributed by atoms with E-state index in [1.165, 1.54) is 0 Å². The number of nitrogens with zero attached hydrogens (tertiary/aromatic N) is 1. The number of nitrogens with one attached hydrogen (secondary N) is 1. The van der Waals surface area contributed by atoms with Gasteiger partial charge in [-0.25, -0.2) is 0 Å². The van der Waals surface area contributed by atoms with Gasteiger partial charge in [0.25, 0.3) is 0 Å². The van der Waals surface area contributed by atoms with Gasteiger partial charge >= 0.3 is 0 Å². The third-order valence-corrected chi connectivity index (χ3v) is 3.56. The van der Waals surface area contributed by atoms with Crippen LogP contribution < -0.4 is 0 Å². The minimum absolute atomic E-state index is 0.443. The first-order chi connectivity index (χ1) is 9.22. The molecule has 19 heavy (non-hydrogen) atoms. The summed E-state index contributed by atoms with van der Waals surface area (Å²) in [7, 11) is 0. The van der Waals surface area contributed by atoms with Crippen molar-refractivity contribution in [1.82, 2.24) is 10.2 Å². The average Bonchev–Trinajstić information content (AvgIpc) is 2.83. The fourth-order valence-corrected chi connectivity index (χ4v) is 2.47. The van der Waals surface area contributed by atoms with E-state index in [4.69, 9.17) is 11.6 Å². The molecule has 0 unspecified atom stereocenters. The highest BCUT2D eigenvalue weighted by molar-refractivity contribution is 6.34. The predicted molar refractivity (Wildman–Crippen MR) is 76.7 cm³/mol. The minimum Gasteiger partial charge on any atom is -0.298 e. The van der Waals surface area contributed by atoms with Crippen LogP contribution in [-0.2, 0) is 0 Å². The Morgan fingerprint density at radius 1 is 1.21 bits per heavy atom. The Bertz CT molecular complexity index is 777. The van der Waals surface area contributed by atoms with E-state index in [2.05, 4.69) is 10.2 Å². The molecule has 2 aromatic carbocycles. The number of halogens is 1. The smallest absolute Gasteiger partial charge is 0.152 e. The van der Waals surface area contributed by atoms with Crippen LogP contribution in [-0.4, -0.2) is 16.5 Å². The quantitative estimate of drug-likeness (QED) is 0.715. The number of hydrogen-bond acceptors (Lipinski definition) is 2. The second-order valence-electron chi connectivity index (χ2n) is 4.39. The molecule has 3 aromatic rings. The van der Waals surface area contributed by atoms with E-state index >= 15 is 0 Å². The molecule has 1 aromatic heterocycles. The van der Waals surface area contributed by atoms with Crippen LogP contribution in [0.2, 0.25) is 5.02 Å². The summed E-state index contributed by atoms with van der Waals surface area (Å²) in [5, 5.41) is 8.50. The third kappa shape index (κ3) is 1.83. The Morgan fingerprint density at radius 3 is 2.74 bits per heavy atom. The van der Waals surface area contributed by atoms with Crippen molar-refractivity contribution in [2.45, 2.75) is 6.92 Å². The van der Waals surface area contributed by atoms with Crippen molar-refractivity contribution in [1.29, 1.82) is 0 Å². The molecule has 0 amide bonds. The van der Waals surface area contributed by atoms with Crippen LogP contribution in [0, 0.1) is 6.92 Å². The summed E-state index contributed by atoms with van der Waals surface area (Å²) < 4.78 is 0. The lowest BCUT2D eigenvalue weighted by Crippen LogP contribution is -1.88. The fraction of sp³-hybridized carbons (Fsp3) is 0.0667. The molecule has 1 heterocycles. The van der Waals surface area contributed by atoms with E-state index in [9.17, 15) is 4.79 Å². The molecule has 0 aliphatic carbocycles. The van der Waals surface area contributed by atoms with Gasteiger partial charge < -0.3 is 0 Å². The standard InChI is InChI=1S/C15H11ClN2O/c1-9-4-2-3-5-10(9)15-14-11(8-19)12(16)6-7-13(14)17-18-15/h2-8H,1H3,(H,17,18). The van der Waals surface area contributed by atoms with E-state index in [0.29, 0.717) is 10.6 Å². The Balaban J connectivity index is 2.40. The van der Waals surface area contributed by atoms with Gasteiger partial charge in [-0.05, 0) is 24.6 Å². The number of carbonyl (C=O) groups is 1. The van der Waals surface area contributed by atoms with E-state index < -0.39 is 0 Å². The zero-order valence-electron chi connectivity index (χ0n) is 10.3. The first kappa shape index (κ1) is 11.9. The molecule has 0 aliphatic heterocycles. The van der Waals surface area contributed by atoms with Crippen LogP contribution in [0.3, 0.4) is 0 Å². The van der Waals surface area contributed by atoms with E-state index in [1.54, 1.807) is 6.07 Å². The van der Waals surface area contributed by atoms with E-state index in [-0.39, 0.29) is 0 Å². The van der Waals surface area contributed by atoms with Gasteiger partial charge in [0.2, 0.25) is 0 Å². The topological polar surface area (TPSA) is 45.8 Å². The summed E-state index contributed by atoms with van der Waals surface area (Å²) in [6.07, 6.45) is 0.780. The predicted octanol–water partition coefficient (Wildman–Crippen LogP) is 4.00. The number of hydrogen-bond donors (Lipinski definition) is 1. The molecule has 1 N–H and O–H groups in total. The maximum atomic E-state index is 11.3. The molecule has 4 heteroatoms. The zero-order chi connectivity index (χ0) is 13.4. The van der Waals surface area contributed by atoms with Gasteiger partial charge in [-0.15, -0.1) is 0 Å². The lowest BCUT2D eigenvalue weighted by atomic mass is 10.0. The first-order valence-corrected chi connectivity index (χ1v) is 6.28. The Morgan fingerprint density at radius 2 is 2.00 bits per heavy atom. The molecule has 0 saturated heterocycles. The number of rotatable bonds is 2. The van der Waals surface area contributed by atoms with Crippen LogP contribution in [0.15, 0.2) is 36.4 Å². The van der Waals surface area contributed by atoms with Crippen LogP contribution in [0.1, 0.15) is 15.9 Å². The molecule has 0 aliphatic rings. The van der Waals surface area contributed by atoms with E-state index in [1.807, 2.05) is 37.3 Å². The summed E-state index contributed by atoms with van der Waals surface area (Å²) >= 11 is 6.09. The zero-order valence-corrected chi connectivity index (χ0v) is 11.0. The monoisotopic (exact) mass is 270 g/mol. The van der Waals surface area contributed by atoms with Crippen LogP contribution in [0.4, 0.5) is 0 Å². The van der Waals surface area contributed by atoms with Crippen molar-refractivity contribution in [2.75, 3.05) is 0 Å². The number of aldehydes is 1. The lowest BCUT2D eigenvalue weighted by molar-refractivity contribution is 0.112. The van der Waals surface area contributed by atoms with Crippen LogP contribution in [0.25, 0.3) is 22.2 Å². The first-order valence-electron chi connectivity index (χ1n) is 5.90. The summed E-state index contributed by atoms with van der Waals surface area (Å²) in [6, 6.07) is 11.5. The van der Waals surface area contributed by atoms with Crippen LogP contribution in [0.5, 0.6) is 0 Å². The van der Waals surface area contributed by atoms with Gasteiger partial charge in [0.1, 0.15) is 5.69 Å². The molecular weight excluding hydrogens is 260 g/mol. The van der Waals surface area contributed by atoms with Gasteiger partial charge in [0.15, 0.2) is 6.29 Å². The van der Waals surface area contributed by atoms with Crippen molar-refractivity contribution >= 4 is 28.8 Å². The van der Waals surface area contributed by atoms with Gasteiger partial charge in [-0.2, -0.15) is 5.10 Å². The second kappa shape index (κ2) is 4.52. The van der Waals surface area contributed by atoms with Gasteiger partial charge in [-0.1, -0.05) is 35.9 Å². The highest BCUT2D eigenvalue weighted by atomic mass is 35.5.